The monoisotopic (exact) mass is 297 g/mol. The van der Waals surface area contributed by atoms with Gasteiger partial charge in [-0.1, -0.05) is 19.4 Å². The van der Waals surface area contributed by atoms with Crippen molar-refractivity contribution in [1.29, 1.82) is 0 Å². The van der Waals surface area contributed by atoms with E-state index in [2.05, 4.69) is 60.7 Å². The second kappa shape index (κ2) is 6.66. The van der Waals surface area contributed by atoms with E-state index in [1.165, 1.54) is 55.7 Å². The van der Waals surface area contributed by atoms with Crippen LogP contribution < -0.4 is 0 Å². The summed E-state index contributed by atoms with van der Waals surface area (Å²) < 4.78 is 2.22. The van der Waals surface area contributed by atoms with Gasteiger partial charge in [-0.3, -0.25) is 4.90 Å². The van der Waals surface area contributed by atoms with E-state index in [-0.39, 0.29) is 0 Å². The highest BCUT2D eigenvalue weighted by atomic mass is 15.2. The Balaban J connectivity index is 1.79. The molecule has 0 aliphatic carbocycles. The molecule has 3 heterocycles. The van der Waals surface area contributed by atoms with E-state index < -0.39 is 0 Å². The minimum atomic E-state index is 0.569. The van der Waals surface area contributed by atoms with Gasteiger partial charge in [-0.05, 0) is 70.0 Å². The van der Waals surface area contributed by atoms with Crippen LogP contribution in [-0.4, -0.2) is 27.5 Å². The van der Waals surface area contributed by atoms with Crippen molar-refractivity contribution in [3.8, 4) is 5.82 Å². The fraction of sp³-hybridized carbons (Fsp3) is 0.526. The highest BCUT2D eigenvalue weighted by Gasteiger charge is 2.25. The molecule has 22 heavy (non-hydrogen) atoms. The van der Waals surface area contributed by atoms with E-state index in [1.807, 2.05) is 0 Å². The number of aromatic nitrogens is 2. The summed E-state index contributed by atoms with van der Waals surface area (Å²) in [6.07, 6.45) is 7.23. The lowest BCUT2D eigenvalue weighted by Gasteiger charge is -2.24. The molecular formula is C19H27N3. The van der Waals surface area contributed by atoms with Gasteiger partial charge in [0.2, 0.25) is 0 Å². The predicted octanol–water partition coefficient (Wildman–Crippen LogP) is 4.43. The van der Waals surface area contributed by atoms with Gasteiger partial charge in [-0.15, -0.1) is 0 Å². The molecule has 0 amide bonds. The molecule has 1 saturated heterocycles. The summed E-state index contributed by atoms with van der Waals surface area (Å²) in [7, 11) is 0. The molecule has 0 saturated carbocycles. The van der Waals surface area contributed by atoms with Crippen molar-refractivity contribution in [3.05, 3.63) is 47.4 Å². The number of hydrogen-bond donors (Lipinski definition) is 0. The van der Waals surface area contributed by atoms with Crippen LogP contribution in [0.1, 0.15) is 55.6 Å². The molecule has 1 atom stereocenters. The fourth-order valence-electron chi connectivity index (χ4n) is 3.59. The Morgan fingerprint density at radius 2 is 1.91 bits per heavy atom. The maximum Gasteiger partial charge on any atom is 0.136 e. The molecule has 3 heteroatoms. The minimum Gasteiger partial charge on any atom is -0.303 e. The van der Waals surface area contributed by atoms with Crippen LogP contribution in [0, 0.1) is 13.8 Å². The van der Waals surface area contributed by atoms with Crippen LogP contribution >= 0.6 is 0 Å². The molecule has 2 aromatic heterocycles. The molecule has 0 radical (unpaired) electrons. The third-order valence-electron chi connectivity index (χ3n) is 4.82. The first-order valence-electron chi connectivity index (χ1n) is 8.56. The van der Waals surface area contributed by atoms with Gasteiger partial charge in [-0.25, -0.2) is 4.98 Å². The van der Waals surface area contributed by atoms with E-state index >= 15 is 0 Å². The Morgan fingerprint density at radius 1 is 1.14 bits per heavy atom. The summed E-state index contributed by atoms with van der Waals surface area (Å²) in [6.45, 7) is 8.99. The van der Waals surface area contributed by atoms with E-state index in [4.69, 9.17) is 4.98 Å². The zero-order valence-electron chi connectivity index (χ0n) is 14.0. The molecular weight excluding hydrogens is 270 g/mol. The van der Waals surface area contributed by atoms with Crippen molar-refractivity contribution in [2.24, 2.45) is 0 Å². The number of unbranched alkanes of at least 4 members (excludes halogenated alkanes) is 1. The average Bonchev–Trinajstić information content (AvgIpc) is 3.12. The van der Waals surface area contributed by atoms with Crippen LogP contribution in [0.4, 0.5) is 0 Å². The topological polar surface area (TPSA) is 21.1 Å². The van der Waals surface area contributed by atoms with Crippen LogP contribution in [0.3, 0.4) is 0 Å². The van der Waals surface area contributed by atoms with Crippen LogP contribution in [0.15, 0.2) is 30.5 Å². The van der Waals surface area contributed by atoms with Crippen LogP contribution in [0.25, 0.3) is 5.82 Å². The van der Waals surface area contributed by atoms with Gasteiger partial charge < -0.3 is 4.57 Å². The predicted molar refractivity (Wildman–Crippen MR) is 91.5 cm³/mol. The van der Waals surface area contributed by atoms with Gasteiger partial charge in [0.25, 0.3) is 0 Å². The fourth-order valence-corrected chi connectivity index (χ4v) is 3.59. The molecule has 0 aromatic carbocycles. The maximum absolute atomic E-state index is 4.74. The third kappa shape index (κ3) is 2.95. The molecule has 2 aromatic rings. The minimum absolute atomic E-state index is 0.569. The van der Waals surface area contributed by atoms with Crippen molar-refractivity contribution >= 4 is 0 Å². The molecule has 3 nitrogen and oxygen atoms in total. The molecule has 3 rings (SSSR count). The number of rotatable bonds is 5. The van der Waals surface area contributed by atoms with Crippen molar-refractivity contribution in [3.63, 3.8) is 0 Å². The number of likely N-dealkylation sites (tertiary alicyclic amines) is 1. The summed E-state index contributed by atoms with van der Waals surface area (Å²) in [6, 6.07) is 9.31. The van der Waals surface area contributed by atoms with E-state index in [0.29, 0.717) is 6.04 Å². The normalized spacial score (nSPS) is 19.0. The van der Waals surface area contributed by atoms with Gasteiger partial charge >= 0.3 is 0 Å². The quantitative estimate of drug-likeness (QED) is 0.814. The summed E-state index contributed by atoms with van der Waals surface area (Å²) in [5, 5.41) is 0. The molecule has 1 aliphatic rings. The number of nitrogens with zero attached hydrogens (tertiary/aromatic N) is 3. The van der Waals surface area contributed by atoms with E-state index in [1.54, 1.807) is 0 Å². The number of aryl methyl sites for hydroxylation is 2. The Bertz CT molecular complexity index is 593. The second-order valence-electron chi connectivity index (χ2n) is 6.45. The smallest absolute Gasteiger partial charge is 0.136 e. The van der Waals surface area contributed by atoms with E-state index in [9.17, 15) is 0 Å². The average molecular weight is 297 g/mol. The lowest BCUT2D eigenvalue weighted by Crippen LogP contribution is -2.24. The number of hydrogen-bond acceptors (Lipinski definition) is 2. The van der Waals surface area contributed by atoms with Gasteiger partial charge in [0.15, 0.2) is 0 Å². The number of pyridine rings is 1. The SMILES string of the molecule is CCCCN1CCC[C@@H]1c1ccc(-n2c(C)ccc2C)nc1. The van der Waals surface area contributed by atoms with Crippen LogP contribution in [0.5, 0.6) is 0 Å². The highest BCUT2D eigenvalue weighted by molar-refractivity contribution is 5.33. The molecule has 1 aliphatic heterocycles. The molecule has 0 unspecified atom stereocenters. The van der Waals surface area contributed by atoms with Gasteiger partial charge in [0.05, 0.1) is 0 Å². The Morgan fingerprint density at radius 3 is 2.55 bits per heavy atom. The van der Waals surface area contributed by atoms with Crippen molar-refractivity contribution < 1.29 is 0 Å². The molecule has 118 valence electrons. The van der Waals surface area contributed by atoms with Crippen molar-refractivity contribution in [2.45, 2.75) is 52.5 Å². The largest absolute Gasteiger partial charge is 0.303 e. The zero-order chi connectivity index (χ0) is 15.5. The molecule has 1 fully saturated rings. The van der Waals surface area contributed by atoms with Crippen LogP contribution in [0.2, 0.25) is 0 Å². The lowest BCUT2D eigenvalue weighted by atomic mass is 10.1. The zero-order valence-corrected chi connectivity index (χ0v) is 14.0. The van der Waals surface area contributed by atoms with Crippen molar-refractivity contribution in [1.82, 2.24) is 14.5 Å². The Hall–Kier alpha value is -1.61. The third-order valence-corrected chi connectivity index (χ3v) is 4.82. The molecule has 0 bridgehead atoms. The summed E-state index contributed by atoms with van der Waals surface area (Å²) in [4.78, 5) is 7.37. The Kier molecular flexibility index (Phi) is 4.63. The van der Waals surface area contributed by atoms with Gasteiger partial charge in [-0.2, -0.15) is 0 Å². The lowest BCUT2D eigenvalue weighted by molar-refractivity contribution is 0.253. The van der Waals surface area contributed by atoms with Gasteiger partial charge in [0, 0.05) is 23.6 Å². The van der Waals surface area contributed by atoms with E-state index in [0.717, 1.165) is 5.82 Å². The first-order chi connectivity index (χ1) is 10.7. The van der Waals surface area contributed by atoms with Crippen molar-refractivity contribution in [2.75, 3.05) is 13.1 Å². The second-order valence-corrected chi connectivity index (χ2v) is 6.45. The molecule has 0 spiro atoms. The summed E-state index contributed by atoms with van der Waals surface area (Å²) in [5.41, 5.74) is 3.85. The molecule has 0 N–H and O–H groups in total. The maximum atomic E-state index is 4.74. The summed E-state index contributed by atoms with van der Waals surface area (Å²) in [5.74, 6) is 1.03. The first kappa shape index (κ1) is 15.3. The summed E-state index contributed by atoms with van der Waals surface area (Å²) >= 11 is 0. The van der Waals surface area contributed by atoms with Gasteiger partial charge in [0.1, 0.15) is 5.82 Å². The van der Waals surface area contributed by atoms with Crippen LogP contribution in [-0.2, 0) is 0 Å². The standard InChI is InChI=1S/C19H27N3/c1-4-5-12-21-13-6-7-18(21)17-10-11-19(20-14-17)22-15(2)8-9-16(22)3/h8-11,14,18H,4-7,12-13H2,1-3H3/t18-/m1/s1. The Labute approximate surface area is 134 Å². The highest BCUT2D eigenvalue weighted by Crippen LogP contribution is 2.32. The first-order valence-corrected chi connectivity index (χ1v) is 8.56.